The summed E-state index contributed by atoms with van der Waals surface area (Å²) in [6, 6.07) is 9.70. The van der Waals surface area contributed by atoms with Gasteiger partial charge < -0.3 is 19.4 Å². The Morgan fingerprint density at radius 2 is 2.14 bits per heavy atom. The van der Waals surface area contributed by atoms with Gasteiger partial charge in [0.05, 0.1) is 24.2 Å². The number of hydrogen-bond acceptors (Lipinski definition) is 6. The lowest BCUT2D eigenvalue weighted by atomic mass is 9.98. The molecule has 1 aromatic heterocycles. The number of morpholine rings is 1. The third-order valence-electron chi connectivity index (χ3n) is 5.44. The number of pyridine rings is 1. The molecule has 1 atom stereocenters. The number of carbonyl (C=O) groups excluding carboxylic acids is 1. The number of carbonyl (C=O) groups is 1. The fraction of sp³-hybridized carbons (Fsp3) is 0.409. The summed E-state index contributed by atoms with van der Waals surface area (Å²) in [5.41, 5.74) is 2.14. The summed E-state index contributed by atoms with van der Waals surface area (Å²) in [7, 11) is 4.10. The van der Waals surface area contributed by atoms with Crippen LogP contribution in [0.2, 0.25) is 0 Å². The van der Waals surface area contributed by atoms with Crippen LogP contribution in [-0.4, -0.2) is 73.6 Å². The van der Waals surface area contributed by atoms with E-state index in [-0.39, 0.29) is 5.91 Å². The van der Waals surface area contributed by atoms with E-state index in [9.17, 15) is 10.1 Å². The number of ether oxygens (including phenoxy) is 1. The van der Waals surface area contributed by atoms with E-state index < -0.39 is 6.10 Å². The predicted molar refractivity (Wildman–Crippen MR) is 111 cm³/mol. The molecule has 2 aromatic rings. The van der Waals surface area contributed by atoms with E-state index in [0.717, 1.165) is 30.7 Å². The summed E-state index contributed by atoms with van der Waals surface area (Å²) in [6.07, 6.45) is 1.12. The molecule has 1 amide bonds. The molecular weight excluding hydrogens is 366 g/mol. The molecule has 2 fully saturated rings. The molecule has 0 bridgehead atoms. The van der Waals surface area contributed by atoms with Crippen LogP contribution in [0, 0.1) is 17.2 Å². The molecular formula is C22H25N5O2. The normalized spacial score (nSPS) is 19.8. The highest BCUT2D eigenvalue weighted by molar-refractivity contribution is 5.95. The van der Waals surface area contributed by atoms with Crippen molar-refractivity contribution < 1.29 is 9.53 Å². The third kappa shape index (κ3) is 3.76. The van der Waals surface area contributed by atoms with E-state index in [1.165, 1.54) is 0 Å². The number of aromatic nitrogens is 1. The summed E-state index contributed by atoms with van der Waals surface area (Å²) >= 11 is 0. The number of benzene rings is 1. The van der Waals surface area contributed by atoms with Crippen LogP contribution in [0.5, 0.6) is 0 Å². The van der Waals surface area contributed by atoms with Crippen LogP contribution in [0.4, 0.5) is 5.69 Å². The van der Waals surface area contributed by atoms with Gasteiger partial charge in [-0.3, -0.25) is 9.78 Å². The number of amides is 1. The van der Waals surface area contributed by atoms with E-state index in [1.54, 1.807) is 12.3 Å². The first-order valence-electron chi connectivity index (χ1n) is 9.77. The standard InChI is InChI=1S/C22H25N5O2/c1-15-10-26(19-7-6-17(9-23)21-18(19)5-4-8-24-21)14-20(29-15)22(28)27-12-16(13-27)11-25(2)3/h4-8,16,20H,1,10-14H2,2-3H3. The molecule has 0 saturated carbocycles. The van der Waals surface area contributed by atoms with Crippen LogP contribution in [0.25, 0.3) is 10.9 Å². The van der Waals surface area contributed by atoms with E-state index in [4.69, 9.17) is 4.74 Å². The first-order chi connectivity index (χ1) is 14.0. The van der Waals surface area contributed by atoms with Crippen molar-refractivity contribution >= 4 is 22.5 Å². The average Bonchev–Trinajstić information content (AvgIpc) is 2.68. The second-order valence-corrected chi connectivity index (χ2v) is 8.04. The number of fused-ring (bicyclic) bond motifs is 1. The molecule has 2 saturated heterocycles. The van der Waals surface area contributed by atoms with Gasteiger partial charge in [0.15, 0.2) is 6.10 Å². The Morgan fingerprint density at radius 3 is 2.86 bits per heavy atom. The van der Waals surface area contributed by atoms with Gasteiger partial charge in [-0.1, -0.05) is 6.58 Å². The number of hydrogen-bond donors (Lipinski definition) is 0. The maximum atomic E-state index is 13.0. The topological polar surface area (TPSA) is 72.7 Å². The molecule has 4 rings (SSSR count). The number of nitriles is 1. The highest BCUT2D eigenvalue weighted by Gasteiger charge is 2.38. The molecule has 7 heteroatoms. The SMILES string of the molecule is C=C1CN(c2ccc(C#N)c3ncccc23)CC(C(=O)N2CC(CN(C)C)C2)O1. The molecule has 7 nitrogen and oxygen atoms in total. The molecule has 3 heterocycles. The first kappa shape index (κ1) is 19.2. The van der Waals surface area contributed by atoms with Gasteiger partial charge in [-0.05, 0) is 38.4 Å². The van der Waals surface area contributed by atoms with Crippen LogP contribution < -0.4 is 4.90 Å². The molecule has 2 aliphatic rings. The maximum absolute atomic E-state index is 13.0. The largest absolute Gasteiger partial charge is 0.482 e. The summed E-state index contributed by atoms with van der Waals surface area (Å²) in [5, 5.41) is 10.3. The number of nitrogens with zero attached hydrogens (tertiary/aromatic N) is 5. The molecule has 0 aliphatic carbocycles. The molecule has 0 spiro atoms. The lowest BCUT2D eigenvalue weighted by Gasteiger charge is -2.44. The predicted octanol–water partition coefficient (Wildman–Crippen LogP) is 1.85. The molecule has 1 unspecified atom stereocenters. The quantitative estimate of drug-likeness (QED) is 0.792. The molecule has 0 radical (unpaired) electrons. The van der Waals surface area contributed by atoms with Crippen molar-refractivity contribution in [2.24, 2.45) is 5.92 Å². The minimum absolute atomic E-state index is 0.0157. The summed E-state index contributed by atoms with van der Waals surface area (Å²) in [5.74, 6) is 1.11. The number of anilines is 1. The van der Waals surface area contributed by atoms with Crippen LogP contribution in [-0.2, 0) is 9.53 Å². The minimum Gasteiger partial charge on any atom is -0.482 e. The fourth-order valence-electron chi connectivity index (χ4n) is 4.17. The Bertz CT molecular complexity index is 990. The second kappa shape index (κ2) is 7.72. The zero-order chi connectivity index (χ0) is 20.5. The zero-order valence-electron chi connectivity index (χ0n) is 16.8. The van der Waals surface area contributed by atoms with Gasteiger partial charge in [-0.15, -0.1) is 0 Å². The van der Waals surface area contributed by atoms with Crippen LogP contribution >= 0.6 is 0 Å². The van der Waals surface area contributed by atoms with E-state index >= 15 is 0 Å². The molecule has 0 N–H and O–H groups in total. The van der Waals surface area contributed by atoms with Gasteiger partial charge >= 0.3 is 0 Å². The van der Waals surface area contributed by atoms with Gasteiger partial charge in [0.2, 0.25) is 0 Å². The van der Waals surface area contributed by atoms with Gasteiger partial charge in [0, 0.05) is 42.8 Å². The molecule has 2 aliphatic heterocycles. The molecule has 1 aromatic carbocycles. The van der Waals surface area contributed by atoms with Crippen molar-refractivity contribution in [3.63, 3.8) is 0 Å². The maximum Gasteiger partial charge on any atom is 0.265 e. The van der Waals surface area contributed by atoms with Crippen molar-refractivity contribution in [3.8, 4) is 6.07 Å². The average molecular weight is 391 g/mol. The smallest absolute Gasteiger partial charge is 0.265 e. The Labute approximate surface area is 170 Å². The van der Waals surface area contributed by atoms with Gasteiger partial charge in [-0.25, -0.2) is 0 Å². The lowest BCUT2D eigenvalue weighted by Crippen LogP contribution is -2.58. The van der Waals surface area contributed by atoms with E-state index in [2.05, 4.69) is 27.4 Å². The minimum atomic E-state index is -0.570. The Kier molecular flexibility index (Phi) is 5.12. The Balaban J connectivity index is 1.53. The highest BCUT2D eigenvalue weighted by atomic mass is 16.5. The fourth-order valence-corrected chi connectivity index (χ4v) is 4.17. The Morgan fingerprint density at radius 1 is 1.34 bits per heavy atom. The van der Waals surface area contributed by atoms with E-state index in [1.807, 2.05) is 37.2 Å². The van der Waals surface area contributed by atoms with Gasteiger partial charge in [-0.2, -0.15) is 5.26 Å². The van der Waals surface area contributed by atoms with Crippen molar-refractivity contribution in [2.75, 3.05) is 51.7 Å². The summed E-state index contributed by atoms with van der Waals surface area (Å²) in [4.78, 5) is 23.5. The zero-order valence-corrected chi connectivity index (χ0v) is 16.8. The highest BCUT2D eigenvalue weighted by Crippen LogP contribution is 2.31. The third-order valence-corrected chi connectivity index (χ3v) is 5.44. The monoisotopic (exact) mass is 391 g/mol. The lowest BCUT2D eigenvalue weighted by molar-refractivity contribution is -0.148. The van der Waals surface area contributed by atoms with Crippen molar-refractivity contribution in [2.45, 2.75) is 6.10 Å². The number of rotatable bonds is 4. The van der Waals surface area contributed by atoms with Crippen LogP contribution in [0.1, 0.15) is 5.56 Å². The Hall–Kier alpha value is -3.11. The molecule has 29 heavy (non-hydrogen) atoms. The van der Waals surface area contributed by atoms with Gasteiger partial charge in [0.1, 0.15) is 11.8 Å². The number of likely N-dealkylation sites (tertiary alicyclic amines) is 1. The van der Waals surface area contributed by atoms with Crippen molar-refractivity contribution in [1.29, 1.82) is 5.26 Å². The van der Waals surface area contributed by atoms with Crippen molar-refractivity contribution in [1.82, 2.24) is 14.8 Å². The van der Waals surface area contributed by atoms with Crippen LogP contribution in [0.15, 0.2) is 42.8 Å². The van der Waals surface area contributed by atoms with Crippen LogP contribution in [0.3, 0.4) is 0 Å². The van der Waals surface area contributed by atoms with Crippen molar-refractivity contribution in [3.05, 3.63) is 48.4 Å². The van der Waals surface area contributed by atoms with Gasteiger partial charge in [0.25, 0.3) is 5.91 Å². The second-order valence-electron chi connectivity index (χ2n) is 8.04. The van der Waals surface area contributed by atoms with E-state index in [0.29, 0.717) is 35.8 Å². The first-order valence-corrected chi connectivity index (χ1v) is 9.77. The summed E-state index contributed by atoms with van der Waals surface area (Å²) < 4.78 is 5.82. The molecule has 150 valence electrons. The summed E-state index contributed by atoms with van der Waals surface area (Å²) in [6.45, 7) is 7.46.